The number of nitriles is 1. The van der Waals surface area contributed by atoms with Crippen LogP contribution in [0.5, 0.6) is 0 Å². The summed E-state index contributed by atoms with van der Waals surface area (Å²) in [5.74, 6) is 0. The number of fused-ring (bicyclic) bond motifs is 1. The Balaban J connectivity index is 2.39. The Morgan fingerprint density at radius 2 is 2.40 bits per heavy atom. The van der Waals surface area contributed by atoms with Crippen LogP contribution in [0.1, 0.15) is 35.1 Å². The number of thiophene rings is 1. The number of nitrogens with zero attached hydrogens (tertiary/aromatic N) is 1. The highest BCUT2D eigenvalue weighted by Gasteiger charge is 2.17. The summed E-state index contributed by atoms with van der Waals surface area (Å²) in [5.41, 5.74) is 2.12. The van der Waals surface area contributed by atoms with Crippen LogP contribution >= 0.6 is 22.9 Å². The van der Waals surface area contributed by atoms with E-state index in [1.165, 1.54) is 29.7 Å². The maximum atomic E-state index is 8.92. The highest BCUT2D eigenvalue weighted by molar-refractivity contribution is 7.14. The van der Waals surface area contributed by atoms with Crippen molar-refractivity contribution in [3.63, 3.8) is 0 Å². The molecule has 1 aliphatic rings. The van der Waals surface area contributed by atoms with Crippen molar-refractivity contribution in [1.82, 2.24) is 0 Å². The number of aryl methyl sites for hydroxylation is 2. The van der Waals surface area contributed by atoms with Gasteiger partial charge in [0.05, 0.1) is 11.1 Å². The lowest BCUT2D eigenvalue weighted by molar-refractivity contribution is 0.914. The molecule has 0 aliphatic heterocycles. The minimum absolute atomic E-state index is 0.652. The third-order valence-corrected chi connectivity index (χ3v) is 4.51. The number of allylic oxidation sites excluding steroid dienone is 1. The van der Waals surface area contributed by atoms with Gasteiger partial charge >= 0.3 is 0 Å². The van der Waals surface area contributed by atoms with Crippen molar-refractivity contribution in [2.24, 2.45) is 0 Å². The summed E-state index contributed by atoms with van der Waals surface area (Å²) in [7, 11) is 0. The van der Waals surface area contributed by atoms with Crippen LogP contribution in [0.4, 0.5) is 0 Å². The van der Waals surface area contributed by atoms with Gasteiger partial charge in [0.25, 0.3) is 0 Å². The first-order valence-electron chi connectivity index (χ1n) is 5.17. The van der Waals surface area contributed by atoms with Crippen LogP contribution in [-0.2, 0) is 12.8 Å². The van der Waals surface area contributed by atoms with Crippen molar-refractivity contribution in [3.8, 4) is 6.07 Å². The lowest BCUT2D eigenvalue weighted by Gasteiger charge is -1.97. The Labute approximate surface area is 99.0 Å². The number of hydrogen-bond donors (Lipinski definition) is 0. The molecule has 2 rings (SSSR count). The fourth-order valence-corrected chi connectivity index (χ4v) is 3.43. The molecule has 0 unspecified atom stereocenters. The van der Waals surface area contributed by atoms with Crippen molar-refractivity contribution in [2.75, 3.05) is 0 Å². The zero-order chi connectivity index (χ0) is 10.8. The molecule has 78 valence electrons. The zero-order valence-corrected chi connectivity index (χ0v) is 10.2. The molecule has 0 bridgehead atoms. The average molecular weight is 238 g/mol. The standard InChI is InChI=1S/C12H12ClNS/c1-2-8(7-14)12(13)11-6-9-4-3-5-10(9)15-11/h6H,2-5H2,1H3. The molecule has 0 fully saturated rings. The summed E-state index contributed by atoms with van der Waals surface area (Å²) >= 11 is 7.95. The molecule has 1 aromatic heterocycles. The lowest BCUT2D eigenvalue weighted by atomic mass is 10.2. The van der Waals surface area contributed by atoms with Crippen LogP contribution in [0.15, 0.2) is 11.6 Å². The van der Waals surface area contributed by atoms with Gasteiger partial charge in [-0.15, -0.1) is 11.3 Å². The quantitative estimate of drug-likeness (QED) is 0.710. The maximum Gasteiger partial charge on any atom is 0.0963 e. The Morgan fingerprint density at radius 1 is 1.60 bits per heavy atom. The topological polar surface area (TPSA) is 23.8 Å². The van der Waals surface area contributed by atoms with Gasteiger partial charge in [-0.2, -0.15) is 5.26 Å². The Hall–Kier alpha value is -0.780. The van der Waals surface area contributed by atoms with E-state index >= 15 is 0 Å². The van der Waals surface area contributed by atoms with Gasteiger partial charge in [-0.05, 0) is 37.3 Å². The summed E-state index contributed by atoms with van der Waals surface area (Å²) < 4.78 is 0. The second kappa shape index (κ2) is 4.38. The van der Waals surface area contributed by atoms with Crippen LogP contribution in [0.25, 0.3) is 5.03 Å². The van der Waals surface area contributed by atoms with E-state index in [0.717, 1.165) is 4.88 Å². The van der Waals surface area contributed by atoms with Crippen molar-refractivity contribution < 1.29 is 0 Å². The molecule has 0 N–H and O–H groups in total. The molecule has 0 saturated carbocycles. The highest BCUT2D eigenvalue weighted by Crippen LogP contribution is 2.37. The van der Waals surface area contributed by atoms with E-state index < -0.39 is 0 Å². The first-order chi connectivity index (χ1) is 7.26. The monoisotopic (exact) mass is 237 g/mol. The van der Waals surface area contributed by atoms with Gasteiger partial charge in [-0.3, -0.25) is 0 Å². The van der Waals surface area contributed by atoms with Crippen molar-refractivity contribution in [1.29, 1.82) is 5.26 Å². The lowest BCUT2D eigenvalue weighted by Crippen LogP contribution is -1.80. The SMILES string of the molecule is CCC(C#N)=C(Cl)c1cc2c(s1)CCC2. The molecule has 0 spiro atoms. The van der Waals surface area contributed by atoms with Crippen LogP contribution < -0.4 is 0 Å². The first-order valence-corrected chi connectivity index (χ1v) is 6.36. The molecule has 1 heterocycles. The normalized spacial score (nSPS) is 15.8. The van der Waals surface area contributed by atoms with Gasteiger partial charge in [0.15, 0.2) is 0 Å². The third-order valence-electron chi connectivity index (χ3n) is 2.72. The van der Waals surface area contributed by atoms with Crippen LogP contribution in [0.2, 0.25) is 0 Å². The molecule has 1 aliphatic carbocycles. The minimum atomic E-state index is 0.652. The highest BCUT2D eigenvalue weighted by atomic mass is 35.5. The Morgan fingerprint density at radius 3 is 3.00 bits per heavy atom. The van der Waals surface area contributed by atoms with E-state index in [-0.39, 0.29) is 0 Å². The van der Waals surface area contributed by atoms with Crippen LogP contribution in [0.3, 0.4) is 0 Å². The molecule has 1 aromatic rings. The fourth-order valence-electron chi connectivity index (χ4n) is 1.87. The summed E-state index contributed by atoms with van der Waals surface area (Å²) in [4.78, 5) is 2.52. The molecular formula is C12H12ClNS. The third kappa shape index (κ3) is 1.95. The molecule has 15 heavy (non-hydrogen) atoms. The summed E-state index contributed by atoms with van der Waals surface area (Å²) in [6.07, 6.45) is 4.32. The molecule has 0 aromatic carbocycles. The molecule has 0 amide bonds. The van der Waals surface area contributed by atoms with Gasteiger partial charge in [0.2, 0.25) is 0 Å². The van der Waals surface area contributed by atoms with Crippen molar-refractivity contribution >= 4 is 28.0 Å². The number of halogens is 1. The van der Waals surface area contributed by atoms with Gasteiger partial charge in [-0.1, -0.05) is 18.5 Å². The van der Waals surface area contributed by atoms with Crippen LogP contribution in [0, 0.1) is 11.3 Å². The molecule has 0 radical (unpaired) electrons. The maximum absolute atomic E-state index is 8.92. The van der Waals surface area contributed by atoms with E-state index in [9.17, 15) is 0 Å². The molecular weight excluding hydrogens is 226 g/mol. The second-order valence-electron chi connectivity index (χ2n) is 3.67. The Bertz CT molecular complexity index is 429. The Kier molecular flexibility index (Phi) is 3.14. The fraction of sp³-hybridized carbons (Fsp3) is 0.417. The van der Waals surface area contributed by atoms with Gasteiger partial charge in [0, 0.05) is 15.3 Å². The van der Waals surface area contributed by atoms with E-state index in [2.05, 4.69) is 12.1 Å². The summed E-state index contributed by atoms with van der Waals surface area (Å²) in [5, 5.41) is 9.57. The van der Waals surface area contributed by atoms with Gasteiger partial charge in [-0.25, -0.2) is 0 Å². The predicted molar refractivity (Wildman–Crippen MR) is 65.0 cm³/mol. The minimum Gasteiger partial charge on any atom is -0.193 e. The largest absolute Gasteiger partial charge is 0.193 e. The number of rotatable bonds is 2. The second-order valence-corrected chi connectivity index (χ2v) is 5.19. The molecule has 1 nitrogen and oxygen atoms in total. The summed E-state index contributed by atoms with van der Waals surface area (Å²) in [6.45, 7) is 1.96. The predicted octanol–water partition coefficient (Wildman–Crippen LogP) is 4.12. The van der Waals surface area contributed by atoms with Gasteiger partial charge in [0.1, 0.15) is 0 Å². The van der Waals surface area contributed by atoms with Crippen molar-refractivity contribution in [3.05, 3.63) is 27.0 Å². The van der Waals surface area contributed by atoms with E-state index in [1.807, 2.05) is 6.92 Å². The molecule has 3 heteroatoms. The van der Waals surface area contributed by atoms with E-state index in [4.69, 9.17) is 16.9 Å². The average Bonchev–Trinajstić information content (AvgIpc) is 2.78. The smallest absolute Gasteiger partial charge is 0.0963 e. The van der Waals surface area contributed by atoms with E-state index in [1.54, 1.807) is 11.3 Å². The van der Waals surface area contributed by atoms with Crippen LogP contribution in [-0.4, -0.2) is 0 Å². The molecule has 0 atom stereocenters. The van der Waals surface area contributed by atoms with Crippen molar-refractivity contribution in [2.45, 2.75) is 32.6 Å². The first kappa shape index (κ1) is 10.7. The molecule has 0 saturated heterocycles. The summed E-state index contributed by atoms with van der Waals surface area (Å²) in [6, 6.07) is 4.32. The van der Waals surface area contributed by atoms with Gasteiger partial charge < -0.3 is 0 Å². The zero-order valence-electron chi connectivity index (χ0n) is 8.64. The van der Waals surface area contributed by atoms with E-state index in [0.29, 0.717) is 17.0 Å². The number of hydrogen-bond acceptors (Lipinski definition) is 2.